The first kappa shape index (κ1) is 11.5. The van der Waals surface area contributed by atoms with Crippen LogP contribution < -0.4 is 0 Å². The molecule has 2 aromatic rings. The van der Waals surface area contributed by atoms with Crippen LogP contribution in [0.3, 0.4) is 0 Å². The average molecular weight is 232 g/mol. The van der Waals surface area contributed by atoms with E-state index in [0.29, 0.717) is 11.8 Å². The summed E-state index contributed by atoms with van der Waals surface area (Å²) in [6.45, 7) is 1.87. The third kappa shape index (κ3) is 2.09. The summed E-state index contributed by atoms with van der Waals surface area (Å²) in [6.07, 6.45) is 0.304. The van der Waals surface area contributed by atoms with Crippen LogP contribution in [0.25, 0.3) is 11.1 Å². The molecular weight excluding hydrogens is 222 g/mol. The zero-order valence-corrected chi connectivity index (χ0v) is 9.21. The standard InChI is InChI=1S/C14H10F2O/c1-9-3-2-4-10(7-9)12-6-5-11(8-17)13(15)14(12)16/h2-8H,1H3. The predicted molar refractivity (Wildman–Crippen MR) is 61.9 cm³/mol. The fourth-order valence-corrected chi connectivity index (χ4v) is 1.69. The van der Waals surface area contributed by atoms with E-state index in [0.717, 1.165) is 5.56 Å². The van der Waals surface area contributed by atoms with Gasteiger partial charge in [-0.05, 0) is 18.6 Å². The van der Waals surface area contributed by atoms with Gasteiger partial charge in [0.2, 0.25) is 0 Å². The number of aryl methyl sites for hydroxylation is 1. The predicted octanol–water partition coefficient (Wildman–Crippen LogP) is 3.75. The monoisotopic (exact) mass is 232 g/mol. The van der Waals surface area contributed by atoms with E-state index in [9.17, 15) is 13.6 Å². The average Bonchev–Trinajstić information content (AvgIpc) is 2.32. The maximum Gasteiger partial charge on any atom is 0.169 e. The Balaban J connectivity index is 2.61. The van der Waals surface area contributed by atoms with E-state index in [-0.39, 0.29) is 11.1 Å². The van der Waals surface area contributed by atoms with Crippen molar-refractivity contribution >= 4 is 6.29 Å². The van der Waals surface area contributed by atoms with Crippen LogP contribution >= 0.6 is 0 Å². The number of benzene rings is 2. The minimum absolute atomic E-state index is 0.164. The summed E-state index contributed by atoms with van der Waals surface area (Å²) >= 11 is 0. The van der Waals surface area contributed by atoms with Crippen LogP contribution in [0, 0.1) is 18.6 Å². The van der Waals surface area contributed by atoms with E-state index in [1.807, 2.05) is 13.0 Å². The van der Waals surface area contributed by atoms with Crippen LogP contribution in [-0.4, -0.2) is 6.29 Å². The molecule has 3 heteroatoms. The van der Waals surface area contributed by atoms with Crippen LogP contribution in [-0.2, 0) is 0 Å². The van der Waals surface area contributed by atoms with Gasteiger partial charge in [-0.25, -0.2) is 8.78 Å². The van der Waals surface area contributed by atoms with Gasteiger partial charge in [0.05, 0.1) is 5.56 Å². The van der Waals surface area contributed by atoms with Crippen molar-refractivity contribution in [1.82, 2.24) is 0 Å². The molecule has 0 spiro atoms. The number of carbonyl (C=O) groups is 1. The lowest BCUT2D eigenvalue weighted by atomic mass is 10.0. The summed E-state index contributed by atoms with van der Waals surface area (Å²) < 4.78 is 27.2. The molecule has 17 heavy (non-hydrogen) atoms. The third-order valence-electron chi connectivity index (χ3n) is 2.57. The summed E-state index contributed by atoms with van der Waals surface area (Å²) in [5.74, 6) is -2.08. The van der Waals surface area contributed by atoms with E-state index in [1.54, 1.807) is 18.2 Å². The van der Waals surface area contributed by atoms with Crippen LogP contribution in [0.15, 0.2) is 36.4 Å². The van der Waals surface area contributed by atoms with E-state index in [2.05, 4.69) is 0 Å². The number of rotatable bonds is 2. The zero-order chi connectivity index (χ0) is 12.4. The maximum absolute atomic E-state index is 13.7. The second-order valence-corrected chi connectivity index (χ2v) is 3.82. The minimum atomic E-state index is -1.10. The lowest BCUT2D eigenvalue weighted by molar-refractivity contribution is 0.111. The second-order valence-electron chi connectivity index (χ2n) is 3.82. The molecule has 2 aromatic carbocycles. The van der Waals surface area contributed by atoms with Crippen LogP contribution in [0.2, 0.25) is 0 Å². The highest BCUT2D eigenvalue weighted by Gasteiger charge is 2.13. The van der Waals surface area contributed by atoms with Crippen LogP contribution in [0.5, 0.6) is 0 Å². The molecule has 0 radical (unpaired) electrons. The first-order valence-electron chi connectivity index (χ1n) is 5.13. The molecular formula is C14H10F2O. The molecule has 0 fully saturated rings. The highest BCUT2D eigenvalue weighted by molar-refractivity contribution is 5.77. The van der Waals surface area contributed by atoms with Crippen LogP contribution in [0.4, 0.5) is 8.78 Å². The number of hydrogen-bond acceptors (Lipinski definition) is 1. The summed E-state index contributed by atoms with van der Waals surface area (Å²) in [5, 5.41) is 0. The first-order valence-corrected chi connectivity index (χ1v) is 5.13. The van der Waals surface area contributed by atoms with Gasteiger partial charge >= 0.3 is 0 Å². The molecule has 0 aromatic heterocycles. The van der Waals surface area contributed by atoms with Gasteiger partial charge in [-0.3, -0.25) is 4.79 Å². The van der Waals surface area contributed by atoms with Gasteiger partial charge in [0.25, 0.3) is 0 Å². The summed E-state index contributed by atoms with van der Waals surface area (Å²) in [5.41, 5.74) is 1.45. The lowest BCUT2D eigenvalue weighted by Crippen LogP contribution is -1.95. The molecule has 0 bridgehead atoms. The quantitative estimate of drug-likeness (QED) is 0.720. The number of hydrogen-bond donors (Lipinski definition) is 0. The Labute approximate surface area is 97.7 Å². The second kappa shape index (κ2) is 4.45. The Morgan fingerprint density at radius 2 is 1.82 bits per heavy atom. The molecule has 0 heterocycles. The fraction of sp³-hybridized carbons (Fsp3) is 0.0714. The molecule has 1 nitrogen and oxygen atoms in total. The van der Waals surface area contributed by atoms with Crippen molar-refractivity contribution in [2.24, 2.45) is 0 Å². The van der Waals surface area contributed by atoms with E-state index >= 15 is 0 Å². The first-order chi connectivity index (χ1) is 8.13. The normalized spacial score (nSPS) is 10.3. The molecule has 0 amide bonds. The molecule has 0 unspecified atom stereocenters. The van der Waals surface area contributed by atoms with Crippen molar-refractivity contribution < 1.29 is 13.6 Å². The molecule has 0 aliphatic heterocycles. The topological polar surface area (TPSA) is 17.1 Å². The Bertz CT molecular complexity index is 576. The minimum Gasteiger partial charge on any atom is -0.298 e. The summed E-state index contributed by atoms with van der Waals surface area (Å²) in [6, 6.07) is 9.80. The maximum atomic E-state index is 13.7. The van der Waals surface area contributed by atoms with Gasteiger partial charge < -0.3 is 0 Å². The van der Waals surface area contributed by atoms with Crippen molar-refractivity contribution in [1.29, 1.82) is 0 Å². The molecule has 0 aliphatic rings. The molecule has 0 atom stereocenters. The van der Waals surface area contributed by atoms with Gasteiger partial charge in [-0.2, -0.15) is 0 Å². The number of carbonyl (C=O) groups excluding carboxylic acids is 1. The van der Waals surface area contributed by atoms with Crippen molar-refractivity contribution in [2.75, 3.05) is 0 Å². The van der Waals surface area contributed by atoms with E-state index in [4.69, 9.17) is 0 Å². The SMILES string of the molecule is Cc1cccc(-c2ccc(C=O)c(F)c2F)c1. The Morgan fingerprint density at radius 3 is 2.47 bits per heavy atom. The Kier molecular flexibility index (Phi) is 3.00. The van der Waals surface area contributed by atoms with E-state index in [1.165, 1.54) is 12.1 Å². The molecule has 0 N–H and O–H groups in total. The molecule has 0 saturated heterocycles. The number of aldehydes is 1. The van der Waals surface area contributed by atoms with Gasteiger partial charge in [-0.1, -0.05) is 35.9 Å². The molecule has 0 aliphatic carbocycles. The molecule has 2 rings (SSSR count). The van der Waals surface area contributed by atoms with Crippen molar-refractivity contribution in [2.45, 2.75) is 6.92 Å². The van der Waals surface area contributed by atoms with Gasteiger partial charge in [-0.15, -0.1) is 0 Å². The van der Waals surface area contributed by atoms with Crippen molar-refractivity contribution in [3.8, 4) is 11.1 Å². The Hall–Kier alpha value is -2.03. The van der Waals surface area contributed by atoms with Gasteiger partial charge in [0, 0.05) is 5.56 Å². The van der Waals surface area contributed by atoms with E-state index < -0.39 is 11.6 Å². The highest BCUT2D eigenvalue weighted by Crippen LogP contribution is 2.26. The molecule has 86 valence electrons. The summed E-state index contributed by atoms with van der Waals surface area (Å²) in [7, 11) is 0. The third-order valence-corrected chi connectivity index (χ3v) is 2.57. The Morgan fingerprint density at radius 1 is 1.06 bits per heavy atom. The van der Waals surface area contributed by atoms with Crippen LogP contribution in [0.1, 0.15) is 15.9 Å². The highest BCUT2D eigenvalue weighted by atomic mass is 19.2. The zero-order valence-electron chi connectivity index (χ0n) is 9.21. The number of halogens is 2. The lowest BCUT2D eigenvalue weighted by Gasteiger charge is -2.06. The smallest absolute Gasteiger partial charge is 0.169 e. The van der Waals surface area contributed by atoms with Crippen molar-refractivity contribution in [3.05, 3.63) is 59.2 Å². The van der Waals surface area contributed by atoms with Gasteiger partial charge in [0.15, 0.2) is 17.9 Å². The summed E-state index contributed by atoms with van der Waals surface area (Å²) in [4.78, 5) is 10.5. The largest absolute Gasteiger partial charge is 0.298 e. The van der Waals surface area contributed by atoms with Crippen molar-refractivity contribution in [3.63, 3.8) is 0 Å². The molecule has 0 saturated carbocycles. The van der Waals surface area contributed by atoms with Gasteiger partial charge in [0.1, 0.15) is 0 Å². The fourth-order valence-electron chi connectivity index (χ4n) is 1.69.